The zero-order chi connectivity index (χ0) is 14.5. The minimum Gasteiger partial charge on any atom is -0.387 e. The third-order valence-electron chi connectivity index (χ3n) is 3.37. The van der Waals surface area contributed by atoms with Crippen LogP contribution in [-0.4, -0.2) is 56.6 Å². The lowest BCUT2D eigenvalue weighted by Gasteiger charge is -2.34. The topological polar surface area (TPSA) is 70.7 Å². The summed E-state index contributed by atoms with van der Waals surface area (Å²) in [7, 11) is 3.32. The number of morpholine rings is 1. The molecule has 2 N–H and O–H groups in total. The Morgan fingerprint density at radius 3 is 2.75 bits per heavy atom. The van der Waals surface area contributed by atoms with E-state index in [9.17, 15) is 9.59 Å². The number of para-hydroxylation sites is 1. The fraction of sp³-hybridized carbons (Fsp3) is 0.429. The van der Waals surface area contributed by atoms with Gasteiger partial charge in [-0.15, -0.1) is 0 Å². The molecular formula is C14H19N3O3. The highest BCUT2D eigenvalue weighted by molar-refractivity contribution is 6.01. The molecule has 0 aromatic heterocycles. The molecule has 6 heteroatoms. The van der Waals surface area contributed by atoms with Gasteiger partial charge in [0.15, 0.2) is 0 Å². The van der Waals surface area contributed by atoms with E-state index in [1.165, 1.54) is 0 Å². The fourth-order valence-corrected chi connectivity index (χ4v) is 2.27. The van der Waals surface area contributed by atoms with Gasteiger partial charge in [0.2, 0.25) is 5.91 Å². The van der Waals surface area contributed by atoms with Crippen molar-refractivity contribution in [1.82, 2.24) is 10.2 Å². The molecule has 2 amide bonds. The van der Waals surface area contributed by atoms with Crippen molar-refractivity contribution in [3.05, 3.63) is 29.8 Å². The standard InChI is InChI=1S/C14H19N3O3/c1-15-11-6-4-3-5-10(11)14(19)17-7-8-20-9-12(17)13(18)16-2/h3-6,12,15H,7-9H2,1-2H3,(H,16,18). The number of nitrogens with zero attached hydrogens (tertiary/aromatic N) is 1. The quantitative estimate of drug-likeness (QED) is 0.834. The van der Waals surface area contributed by atoms with Gasteiger partial charge in [-0.1, -0.05) is 12.1 Å². The molecule has 1 unspecified atom stereocenters. The van der Waals surface area contributed by atoms with Crippen molar-refractivity contribution in [3.8, 4) is 0 Å². The van der Waals surface area contributed by atoms with Gasteiger partial charge in [-0.3, -0.25) is 9.59 Å². The molecule has 108 valence electrons. The highest BCUT2D eigenvalue weighted by atomic mass is 16.5. The van der Waals surface area contributed by atoms with Crippen LogP contribution in [0.15, 0.2) is 24.3 Å². The van der Waals surface area contributed by atoms with E-state index < -0.39 is 6.04 Å². The highest BCUT2D eigenvalue weighted by Gasteiger charge is 2.33. The fourth-order valence-electron chi connectivity index (χ4n) is 2.27. The maximum Gasteiger partial charge on any atom is 0.256 e. The minimum absolute atomic E-state index is 0.160. The molecule has 0 saturated carbocycles. The molecule has 1 aromatic rings. The Kier molecular flexibility index (Phi) is 4.57. The molecule has 1 aromatic carbocycles. The molecule has 1 aliphatic rings. The summed E-state index contributed by atoms with van der Waals surface area (Å²) in [6.07, 6.45) is 0. The number of rotatable bonds is 3. The van der Waals surface area contributed by atoms with E-state index in [0.717, 1.165) is 5.69 Å². The van der Waals surface area contributed by atoms with Crippen molar-refractivity contribution in [1.29, 1.82) is 0 Å². The summed E-state index contributed by atoms with van der Waals surface area (Å²) in [6.45, 7) is 1.09. The Morgan fingerprint density at radius 1 is 1.30 bits per heavy atom. The van der Waals surface area contributed by atoms with Crippen LogP contribution in [-0.2, 0) is 9.53 Å². The first-order valence-corrected chi connectivity index (χ1v) is 6.56. The van der Waals surface area contributed by atoms with E-state index >= 15 is 0 Å². The first-order chi connectivity index (χ1) is 9.69. The molecular weight excluding hydrogens is 258 g/mol. The Labute approximate surface area is 118 Å². The van der Waals surface area contributed by atoms with E-state index in [2.05, 4.69) is 10.6 Å². The van der Waals surface area contributed by atoms with E-state index in [1.54, 1.807) is 25.1 Å². The van der Waals surface area contributed by atoms with Gasteiger partial charge < -0.3 is 20.3 Å². The third kappa shape index (κ3) is 2.75. The summed E-state index contributed by atoms with van der Waals surface area (Å²) in [4.78, 5) is 26.1. The summed E-state index contributed by atoms with van der Waals surface area (Å²) < 4.78 is 5.31. The minimum atomic E-state index is -0.578. The lowest BCUT2D eigenvalue weighted by atomic mass is 10.1. The van der Waals surface area contributed by atoms with Crippen LogP contribution in [0.4, 0.5) is 5.69 Å². The van der Waals surface area contributed by atoms with E-state index in [1.807, 2.05) is 18.2 Å². The van der Waals surface area contributed by atoms with Crippen LogP contribution in [0.25, 0.3) is 0 Å². The number of benzene rings is 1. The van der Waals surface area contributed by atoms with Crippen LogP contribution >= 0.6 is 0 Å². The average molecular weight is 277 g/mol. The van der Waals surface area contributed by atoms with Crippen molar-refractivity contribution < 1.29 is 14.3 Å². The second kappa shape index (κ2) is 6.38. The number of hydrogen-bond acceptors (Lipinski definition) is 4. The zero-order valence-electron chi connectivity index (χ0n) is 11.7. The van der Waals surface area contributed by atoms with Crippen LogP contribution in [0, 0.1) is 0 Å². The van der Waals surface area contributed by atoms with E-state index in [0.29, 0.717) is 18.7 Å². The van der Waals surface area contributed by atoms with Crippen LogP contribution in [0.5, 0.6) is 0 Å². The molecule has 0 bridgehead atoms. The summed E-state index contributed by atoms with van der Waals surface area (Å²) in [5, 5.41) is 5.57. The molecule has 0 radical (unpaired) electrons. The first kappa shape index (κ1) is 14.3. The Balaban J connectivity index is 2.27. The van der Waals surface area contributed by atoms with Gasteiger partial charge in [-0.2, -0.15) is 0 Å². The Morgan fingerprint density at radius 2 is 2.05 bits per heavy atom. The maximum absolute atomic E-state index is 12.7. The largest absolute Gasteiger partial charge is 0.387 e. The number of amides is 2. The third-order valence-corrected chi connectivity index (χ3v) is 3.37. The molecule has 2 rings (SSSR count). The second-order valence-corrected chi connectivity index (χ2v) is 4.50. The van der Waals surface area contributed by atoms with E-state index in [-0.39, 0.29) is 18.4 Å². The van der Waals surface area contributed by atoms with Crippen LogP contribution in [0.3, 0.4) is 0 Å². The van der Waals surface area contributed by atoms with Crippen molar-refractivity contribution in [2.45, 2.75) is 6.04 Å². The SMILES string of the molecule is CNC(=O)C1COCCN1C(=O)c1ccccc1NC. The number of ether oxygens (including phenoxy) is 1. The molecule has 1 saturated heterocycles. The summed E-state index contributed by atoms with van der Waals surface area (Å²) in [5.41, 5.74) is 1.31. The van der Waals surface area contributed by atoms with Gasteiger partial charge in [-0.05, 0) is 12.1 Å². The highest BCUT2D eigenvalue weighted by Crippen LogP contribution is 2.19. The van der Waals surface area contributed by atoms with Crippen molar-refractivity contribution in [2.24, 2.45) is 0 Å². The first-order valence-electron chi connectivity index (χ1n) is 6.56. The number of carbonyl (C=O) groups excluding carboxylic acids is 2. The average Bonchev–Trinajstić information content (AvgIpc) is 2.53. The van der Waals surface area contributed by atoms with Gasteiger partial charge in [-0.25, -0.2) is 0 Å². The predicted molar refractivity (Wildman–Crippen MR) is 75.7 cm³/mol. The Hall–Kier alpha value is -2.08. The van der Waals surface area contributed by atoms with Gasteiger partial charge in [0.05, 0.1) is 18.8 Å². The zero-order valence-corrected chi connectivity index (χ0v) is 11.7. The molecule has 1 atom stereocenters. The molecule has 1 heterocycles. The van der Waals surface area contributed by atoms with Gasteiger partial charge in [0.25, 0.3) is 5.91 Å². The molecule has 0 aliphatic carbocycles. The molecule has 20 heavy (non-hydrogen) atoms. The van der Waals surface area contributed by atoms with E-state index in [4.69, 9.17) is 4.74 Å². The van der Waals surface area contributed by atoms with Gasteiger partial charge in [0.1, 0.15) is 6.04 Å². The number of likely N-dealkylation sites (N-methyl/N-ethyl adjacent to an activating group) is 1. The number of hydrogen-bond donors (Lipinski definition) is 2. The lowest BCUT2D eigenvalue weighted by molar-refractivity contribution is -0.130. The van der Waals surface area contributed by atoms with Gasteiger partial charge in [0, 0.05) is 26.3 Å². The monoisotopic (exact) mass is 277 g/mol. The smallest absolute Gasteiger partial charge is 0.256 e. The number of carbonyl (C=O) groups is 2. The van der Waals surface area contributed by atoms with Crippen molar-refractivity contribution >= 4 is 17.5 Å². The van der Waals surface area contributed by atoms with Crippen LogP contribution in [0.2, 0.25) is 0 Å². The molecule has 6 nitrogen and oxygen atoms in total. The summed E-state index contributed by atoms with van der Waals surface area (Å²) in [5.74, 6) is -0.369. The number of anilines is 1. The maximum atomic E-state index is 12.7. The second-order valence-electron chi connectivity index (χ2n) is 4.50. The Bertz CT molecular complexity index is 504. The summed E-state index contributed by atoms with van der Waals surface area (Å²) in [6, 6.07) is 6.68. The lowest BCUT2D eigenvalue weighted by Crippen LogP contribution is -2.55. The van der Waals surface area contributed by atoms with Crippen molar-refractivity contribution in [3.63, 3.8) is 0 Å². The van der Waals surface area contributed by atoms with Crippen LogP contribution < -0.4 is 10.6 Å². The predicted octanol–water partition coefficient (Wildman–Crippen LogP) is 0.315. The number of nitrogens with one attached hydrogen (secondary N) is 2. The van der Waals surface area contributed by atoms with Gasteiger partial charge >= 0.3 is 0 Å². The molecule has 0 spiro atoms. The van der Waals surface area contributed by atoms with Crippen molar-refractivity contribution in [2.75, 3.05) is 39.2 Å². The van der Waals surface area contributed by atoms with Crippen LogP contribution in [0.1, 0.15) is 10.4 Å². The molecule has 1 aliphatic heterocycles. The molecule has 1 fully saturated rings. The summed E-state index contributed by atoms with van der Waals surface area (Å²) >= 11 is 0. The normalized spacial score (nSPS) is 18.5.